The van der Waals surface area contributed by atoms with Crippen LogP contribution in [0.2, 0.25) is 0 Å². The van der Waals surface area contributed by atoms with E-state index < -0.39 is 0 Å². The minimum atomic E-state index is 0.508. The van der Waals surface area contributed by atoms with Crippen LogP contribution in [0.5, 0.6) is 5.75 Å². The van der Waals surface area contributed by atoms with E-state index in [-0.39, 0.29) is 0 Å². The summed E-state index contributed by atoms with van der Waals surface area (Å²) in [4.78, 5) is 0. The Kier molecular flexibility index (Phi) is 3.14. The molecule has 84 valence electrons. The average Bonchev–Trinajstić information content (AvgIpc) is 2.59. The molecule has 5 heteroatoms. The number of nitrogen functional groups attached to an aromatic ring is 1. The van der Waals surface area contributed by atoms with Crippen molar-refractivity contribution in [3.05, 3.63) is 40.5 Å². The number of rotatable bonds is 3. The molecule has 0 aliphatic carbocycles. The van der Waals surface area contributed by atoms with Gasteiger partial charge in [-0.2, -0.15) is 5.10 Å². The summed E-state index contributed by atoms with van der Waals surface area (Å²) < 4.78 is 7.71. The Labute approximate surface area is 102 Å². The van der Waals surface area contributed by atoms with Crippen LogP contribution in [0.4, 0.5) is 5.82 Å². The van der Waals surface area contributed by atoms with Gasteiger partial charge in [0.05, 0.1) is 18.1 Å². The third-order valence-electron chi connectivity index (χ3n) is 2.25. The number of halogens is 1. The topological polar surface area (TPSA) is 53.1 Å². The monoisotopic (exact) mass is 281 g/mol. The lowest BCUT2D eigenvalue weighted by atomic mass is 10.2. The number of hydrogen-bond acceptors (Lipinski definition) is 3. The fraction of sp³-hybridized carbons (Fsp3) is 0.182. The highest BCUT2D eigenvalue weighted by Gasteiger charge is 2.02. The van der Waals surface area contributed by atoms with Crippen molar-refractivity contribution in [2.45, 2.75) is 6.54 Å². The molecule has 2 rings (SSSR count). The number of anilines is 1. The molecule has 0 spiro atoms. The largest absolute Gasteiger partial charge is 0.497 e. The van der Waals surface area contributed by atoms with Gasteiger partial charge in [0.2, 0.25) is 0 Å². The average molecular weight is 282 g/mol. The molecule has 4 nitrogen and oxygen atoms in total. The number of benzene rings is 1. The van der Waals surface area contributed by atoms with Crippen LogP contribution in [0.15, 0.2) is 34.9 Å². The molecule has 0 saturated carbocycles. The van der Waals surface area contributed by atoms with Gasteiger partial charge < -0.3 is 10.5 Å². The maximum Gasteiger partial charge on any atom is 0.159 e. The second-order valence-electron chi connectivity index (χ2n) is 3.41. The Morgan fingerprint density at radius 2 is 2.06 bits per heavy atom. The van der Waals surface area contributed by atoms with Crippen molar-refractivity contribution in [2.24, 2.45) is 0 Å². The number of hydrogen-bond donors (Lipinski definition) is 1. The van der Waals surface area contributed by atoms with Gasteiger partial charge in [0.1, 0.15) is 5.75 Å². The van der Waals surface area contributed by atoms with E-state index in [4.69, 9.17) is 10.5 Å². The van der Waals surface area contributed by atoms with Crippen LogP contribution < -0.4 is 10.5 Å². The minimum Gasteiger partial charge on any atom is -0.497 e. The molecule has 0 aliphatic rings. The summed E-state index contributed by atoms with van der Waals surface area (Å²) in [5.74, 6) is 1.36. The van der Waals surface area contributed by atoms with Crippen molar-refractivity contribution in [1.82, 2.24) is 9.78 Å². The molecule has 1 aromatic heterocycles. The summed E-state index contributed by atoms with van der Waals surface area (Å²) >= 11 is 3.32. The Morgan fingerprint density at radius 3 is 2.56 bits per heavy atom. The molecular weight excluding hydrogens is 270 g/mol. The van der Waals surface area contributed by atoms with Crippen LogP contribution >= 0.6 is 15.9 Å². The van der Waals surface area contributed by atoms with Crippen molar-refractivity contribution in [2.75, 3.05) is 12.8 Å². The Hall–Kier alpha value is -1.49. The summed E-state index contributed by atoms with van der Waals surface area (Å²) in [5, 5.41) is 4.16. The highest BCUT2D eigenvalue weighted by atomic mass is 79.9. The first-order chi connectivity index (χ1) is 7.69. The fourth-order valence-corrected chi connectivity index (χ4v) is 1.73. The molecule has 0 atom stereocenters. The van der Waals surface area contributed by atoms with E-state index >= 15 is 0 Å². The fourth-order valence-electron chi connectivity index (χ4n) is 1.41. The van der Waals surface area contributed by atoms with Crippen LogP contribution in [0.1, 0.15) is 5.56 Å². The Balaban J connectivity index is 2.14. The van der Waals surface area contributed by atoms with Gasteiger partial charge in [-0.1, -0.05) is 12.1 Å². The smallest absolute Gasteiger partial charge is 0.159 e. The van der Waals surface area contributed by atoms with E-state index in [1.807, 2.05) is 30.5 Å². The summed E-state index contributed by atoms with van der Waals surface area (Å²) in [7, 11) is 1.65. The quantitative estimate of drug-likeness (QED) is 0.939. The maximum absolute atomic E-state index is 5.64. The highest BCUT2D eigenvalue weighted by molar-refractivity contribution is 9.10. The summed E-state index contributed by atoms with van der Waals surface area (Å²) in [6.45, 7) is 0.694. The van der Waals surface area contributed by atoms with Gasteiger partial charge in [-0.25, -0.2) is 0 Å². The van der Waals surface area contributed by atoms with Gasteiger partial charge in [0, 0.05) is 6.20 Å². The molecule has 2 aromatic rings. The van der Waals surface area contributed by atoms with Crippen molar-refractivity contribution >= 4 is 21.7 Å². The lowest BCUT2D eigenvalue weighted by Gasteiger charge is -2.03. The first kappa shape index (κ1) is 11.0. The Morgan fingerprint density at radius 1 is 1.38 bits per heavy atom. The number of methoxy groups -OCH3 is 1. The molecule has 0 radical (unpaired) electrons. The highest BCUT2D eigenvalue weighted by Crippen LogP contribution is 2.18. The van der Waals surface area contributed by atoms with E-state index in [1.165, 1.54) is 0 Å². The zero-order chi connectivity index (χ0) is 11.5. The van der Waals surface area contributed by atoms with Crippen molar-refractivity contribution in [3.63, 3.8) is 0 Å². The van der Waals surface area contributed by atoms with Crippen LogP contribution in [0, 0.1) is 0 Å². The number of nitrogens with two attached hydrogens (primary N) is 1. The molecular formula is C11H12BrN3O. The van der Waals surface area contributed by atoms with Gasteiger partial charge in [-0.05, 0) is 33.6 Å². The molecule has 1 aromatic carbocycles. The number of ether oxygens (including phenoxy) is 1. The predicted octanol–water partition coefficient (Wildman–Crippen LogP) is 2.28. The van der Waals surface area contributed by atoms with E-state index in [2.05, 4.69) is 21.0 Å². The zero-order valence-electron chi connectivity index (χ0n) is 8.85. The molecule has 0 unspecified atom stereocenters. The summed E-state index contributed by atoms with van der Waals surface area (Å²) in [6.07, 6.45) is 1.86. The molecule has 0 bridgehead atoms. The lowest BCUT2D eigenvalue weighted by Crippen LogP contribution is -2.00. The first-order valence-electron chi connectivity index (χ1n) is 4.80. The van der Waals surface area contributed by atoms with Crippen molar-refractivity contribution in [1.29, 1.82) is 0 Å². The van der Waals surface area contributed by atoms with Gasteiger partial charge in [0.25, 0.3) is 0 Å². The van der Waals surface area contributed by atoms with E-state index in [9.17, 15) is 0 Å². The third kappa shape index (κ3) is 2.36. The van der Waals surface area contributed by atoms with E-state index in [0.29, 0.717) is 12.4 Å². The lowest BCUT2D eigenvalue weighted by molar-refractivity contribution is 0.414. The first-order valence-corrected chi connectivity index (χ1v) is 5.59. The van der Waals surface area contributed by atoms with Crippen LogP contribution in [-0.2, 0) is 6.54 Å². The molecule has 16 heavy (non-hydrogen) atoms. The van der Waals surface area contributed by atoms with Crippen LogP contribution in [0.25, 0.3) is 0 Å². The third-order valence-corrected chi connectivity index (χ3v) is 2.86. The Bertz CT molecular complexity index is 459. The second-order valence-corrected chi connectivity index (χ2v) is 4.26. The standard InChI is InChI=1S/C11H12BrN3O/c1-16-9-4-2-8(3-5-9)6-15-7-10(12)11(13)14-15/h2-5,7H,6H2,1H3,(H2,13,14). The molecule has 1 heterocycles. The van der Waals surface area contributed by atoms with Gasteiger partial charge >= 0.3 is 0 Å². The van der Waals surface area contributed by atoms with Crippen LogP contribution in [-0.4, -0.2) is 16.9 Å². The molecule has 0 aliphatic heterocycles. The van der Waals surface area contributed by atoms with Gasteiger partial charge in [0.15, 0.2) is 5.82 Å². The summed E-state index contributed by atoms with van der Waals surface area (Å²) in [6, 6.07) is 7.86. The predicted molar refractivity (Wildman–Crippen MR) is 66.4 cm³/mol. The van der Waals surface area contributed by atoms with E-state index in [1.54, 1.807) is 11.8 Å². The van der Waals surface area contributed by atoms with E-state index in [0.717, 1.165) is 15.8 Å². The van der Waals surface area contributed by atoms with Gasteiger partial charge in [-0.3, -0.25) is 4.68 Å². The number of aromatic nitrogens is 2. The zero-order valence-corrected chi connectivity index (χ0v) is 10.4. The second kappa shape index (κ2) is 4.57. The molecule has 2 N–H and O–H groups in total. The summed E-state index contributed by atoms with van der Waals surface area (Å²) in [5.41, 5.74) is 6.79. The van der Waals surface area contributed by atoms with Crippen molar-refractivity contribution in [3.8, 4) is 5.75 Å². The molecule has 0 fully saturated rings. The maximum atomic E-state index is 5.64. The van der Waals surface area contributed by atoms with Crippen LogP contribution in [0.3, 0.4) is 0 Å². The normalized spacial score (nSPS) is 10.4. The minimum absolute atomic E-state index is 0.508. The number of nitrogens with zero attached hydrogens (tertiary/aromatic N) is 2. The molecule has 0 saturated heterocycles. The SMILES string of the molecule is COc1ccc(Cn2cc(Br)c(N)n2)cc1. The van der Waals surface area contributed by atoms with Gasteiger partial charge in [-0.15, -0.1) is 0 Å². The molecule has 0 amide bonds. The van der Waals surface area contributed by atoms with Crippen molar-refractivity contribution < 1.29 is 4.74 Å².